The Kier molecular flexibility index (Phi) is 4.36. The van der Waals surface area contributed by atoms with Crippen molar-refractivity contribution in [3.8, 4) is 5.69 Å². The summed E-state index contributed by atoms with van der Waals surface area (Å²) in [6.07, 6.45) is 2.39. The summed E-state index contributed by atoms with van der Waals surface area (Å²) in [5.74, 6) is -2.20. The Morgan fingerprint density at radius 2 is 1.69 bits per heavy atom. The lowest BCUT2D eigenvalue weighted by Crippen LogP contribution is -2.24. The molecule has 3 aromatic rings. The number of carboxylic acid groups (broad SMARTS) is 1. The Hall–Kier alpha value is -3.75. The third kappa shape index (κ3) is 2.86. The molecule has 9 nitrogen and oxygen atoms in total. The van der Waals surface area contributed by atoms with Crippen molar-refractivity contribution in [2.24, 2.45) is 7.05 Å². The molecule has 132 valence electrons. The van der Waals surface area contributed by atoms with Crippen LogP contribution in [-0.2, 0) is 7.05 Å². The lowest BCUT2D eigenvalue weighted by atomic mass is 10.2. The van der Waals surface area contributed by atoms with E-state index < -0.39 is 23.1 Å². The summed E-state index contributed by atoms with van der Waals surface area (Å²) in [7, 11) is 1.68. The summed E-state index contributed by atoms with van der Waals surface area (Å²) in [5.41, 5.74) is -0.105. The van der Waals surface area contributed by atoms with Crippen molar-refractivity contribution in [1.82, 2.24) is 19.3 Å². The fraction of sp³-hybridized carbons (Fsp3) is 0.118. The zero-order chi connectivity index (χ0) is 18.8. The van der Waals surface area contributed by atoms with Gasteiger partial charge >= 0.3 is 5.97 Å². The van der Waals surface area contributed by atoms with Gasteiger partial charge in [0, 0.05) is 19.4 Å². The predicted octanol–water partition coefficient (Wildman–Crippen LogP) is 1.22. The summed E-state index contributed by atoms with van der Waals surface area (Å²) in [6, 6.07) is 8.94. The van der Waals surface area contributed by atoms with E-state index in [1.165, 1.54) is 17.1 Å². The molecule has 0 bridgehead atoms. The maximum atomic E-state index is 12.8. The number of carboxylic acids is 1. The Morgan fingerprint density at radius 3 is 2.31 bits per heavy atom. The summed E-state index contributed by atoms with van der Waals surface area (Å²) in [5, 5.41) is 11.6. The number of anilines is 1. The first kappa shape index (κ1) is 17.1. The summed E-state index contributed by atoms with van der Waals surface area (Å²) in [6.45, 7) is 1.67. The minimum Gasteiger partial charge on any atom is -0.476 e. The number of amides is 1. The molecule has 2 N–H and O–H groups in total. The van der Waals surface area contributed by atoms with Crippen LogP contribution in [0.1, 0.15) is 26.7 Å². The zero-order valence-corrected chi connectivity index (χ0v) is 14.0. The molecule has 0 radical (unpaired) electrons. The fourth-order valence-corrected chi connectivity index (χ4v) is 2.55. The van der Waals surface area contributed by atoms with Crippen LogP contribution in [0, 0.1) is 6.92 Å². The van der Waals surface area contributed by atoms with E-state index in [1.54, 1.807) is 42.9 Å². The van der Waals surface area contributed by atoms with Gasteiger partial charge in [-0.2, -0.15) is 0 Å². The van der Waals surface area contributed by atoms with Crippen LogP contribution in [0.25, 0.3) is 5.69 Å². The molecule has 0 aliphatic heterocycles. The van der Waals surface area contributed by atoms with Crippen molar-refractivity contribution in [2.75, 3.05) is 5.32 Å². The number of nitrogens with zero attached hydrogens (tertiary/aromatic N) is 4. The molecular weight excluding hydrogens is 338 g/mol. The maximum Gasteiger partial charge on any atom is 0.356 e. The number of para-hydroxylation sites is 1. The van der Waals surface area contributed by atoms with Crippen LogP contribution >= 0.6 is 0 Å². The molecule has 0 spiro atoms. The number of nitrogens with one attached hydrogen (secondary N) is 1. The smallest absolute Gasteiger partial charge is 0.356 e. The largest absolute Gasteiger partial charge is 0.476 e. The van der Waals surface area contributed by atoms with Gasteiger partial charge in [-0.15, -0.1) is 0 Å². The van der Waals surface area contributed by atoms with E-state index >= 15 is 0 Å². The van der Waals surface area contributed by atoms with Crippen LogP contribution in [0.15, 0.2) is 47.5 Å². The average molecular weight is 353 g/mol. The van der Waals surface area contributed by atoms with Gasteiger partial charge in [0.1, 0.15) is 5.69 Å². The van der Waals surface area contributed by atoms with Crippen LogP contribution in [0.5, 0.6) is 0 Å². The Bertz CT molecular complexity index is 1050. The van der Waals surface area contributed by atoms with E-state index in [9.17, 15) is 14.4 Å². The number of carbonyl (C=O) groups is 2. The molecular formula is C17H15N5O4. The van der Waals surface area contributed by atoms with Crippen LogP contribution in [0.2, 0.25) is 0 Å². The molecule has 26 heavy (non-hydrogen) atoms. The number of rotatable bonds is 4. The standard InChI is InChI=1S/C17H15N5O4/c1-10-12(16(24)22(21(10)2)11-6-4-3-5-7-11)20-15(23)13-14(17(25)26)19-9-8-18-13/h3-9H,1-2H3,(H,20,23)(H,25,26). The fourth-order valence-electron chi connectivity index (χ4n) is 2.55. The van der Waals surface area contributed by atoms with Crippen molar-refractivity contribution in [2.45, 2.75) is 6.92 Å². The van der Waals surface area contributed by atoms with Gasteiger partial charge in [-0.3, -0.25) is 14.3 Å². The van der Waals surface area contributed by atoms with Gasteiger partial charge in [0.05, 0.1) is 11.4 Å². The first-order chi connectivity index (χ1) is 12.4. The highest BCUT2D eigenvalue weighted by molar-refractivity contribution is 6.08. The number of aromatic carboxylic acids is 1. The maximum absolute atomic E-state index is 12.8. The summed E-state index contributed by atoms with van der Waals surface area (Å²) in [4.78, 5) is 43.9. The number of hydrogen-bond acceptors (Lipinski definition) is 5. The molecule has 2 heterocycles. The SMILES string of the molecule is Cc1c(NC(=O)c2nccnc2C(=O)O)c(=O)n(-c2ccccc2)n1C. The minimum absolute atomic E-state index is 0.0448. The van der Waals surface area contributed by atoms with Gasteiger partial charge in [0.2, 0.25) is 0 Å². The minimum atomic E-state index is -1.38. The molecule has 0 saturated heterocycles. The third-order valence-corrected chi connectivity index (χ3v) is 3.91. The van der Waals surface area contributed by atoms with E-state index in [4.69, 9.17) is 5.11 Å². The van der Waals surface area contributed by atoms with E-state index in [2.05, 4.69) is 15.3 Å². The monoisotopic (exact) mass is 353 g/mol. The van der Waals surface area contributed by atoms with Crippen molar-refractivity contribution >= 4 is 17.6 Å². The van der Waals surface area contributed by atoms with E-state index in [0.29, 0.717) is 11.4 Å². The number of benzene rings is 1. The second-order valence-electron chi connectivity index (χ2n) is 5.45. The van der Waals surface area contributed by atoms with Crippen molar-refractivity contribution in [1.29, 1.82) is 0 Å². The third-order valence-electron chi connectivity index (χ3n) is 3.91. The van der Waals surface area contributed by atoms with Crippen LogP contribution in [0.4, 0.5) is 5.69 Å². The second kappa shape index (κ2) is 6.63. The van der Waals surface area contributed by atoms with Gasteiger partial charge in [-0.25, -0.2) is 19.4 Å². The molecule has 3 rings (SSSR count). The van der Waals surface area contributed by atoms with Gasteiger partial charge in [-0.05, 0) is 19.1 Å². The molecule has 0 aliphatic carbocycles. The normalized spacial score (nSPS) is 10.5. The predicted molar refractivity (Wildman–Crippen MR) is 92.7 cm³/mol. The Balaban J connectivity index is 2.04. The van der Waals surface area contributed by atoms with Crippen molar-refractivity contribution in [3.05, 3.63) is 70.2 Å². The van der Waals surface area contributed by atoms with Gasteiger partial charge in [-0.1, -0.05) is 18.2 Å². The van der Waals surface area contributed by atoms with Crippen molar-refractivity contribution in [3.63, 3.8) is 0 Å². The number of hydrogen-bond donors (Lipinski definition) is 2. The molecule has 1 aromatic carbocycles. The lowest BCUT2D eigenvalue weighted by Gasteiger charge is -2.07. The van der Waals surface area contributed by atoms with Gasteiger partial charge in [0.25, 0.3) is 11.5 Å². The first-order valence-corrected chi connectivity index (χ1v) is 7.61. The van der Waals surface area contributed by atoms with E-state index in [-0.39, 0.29) is 11.4 Å². The summed E-state index contributed by atoms with van der Waals surface area (Å²) < 4.78 is 3.00. The molecule has 2 aromatic heterocycles. The second-order valence-corrected chi connectivity index (χ2v) is 5.45. The highest BCUT2D eigenvalue weighted by Gasteiger charge is 2.23. The molecule has 0 unspecified atom stereocenters. The van der Waals surface area contributed by atoms with Gasteiger partial charge in [0.15, 0.2) is 11.4 Å². The molecule has 0 saturated carbocycles. The highest BCUT2D eigenvalue weighted by Crippen LogP contribution is 2.15. The Labute approximate surface area is 147 Å². The molecule has 1 amide bonds. The van der Waals surface area contributed by atoms with Crippen molar-refractivity contribution < 1.29 is 14.7 Å². The molecule has 9 heteroatoms. The lowest BCUT2D eigenvalue weighted by molar-refractivity contribution is 0.0685. The molecule has 0 aliphatic rings. The quantitative estimate of drug-likeness (QED) is 0.728. The molecule has 0 atom stereocenters. The highest BCUT2D eigenvalue weighted by atomic mass is 16.4. The van der Waals surface area contributed by atoms with Crippen LogP contribution in [0.3, 0.4) is 0 Å². The van der Waals surface area contributed by atoms with E-state index in [1.807, 2.05) is 6.07 Å². The Morgan fingerprint density at radius 1 is 1.08 bits per heavy atom. The number of carbonyl (C=O) groups excluding carboxylic acids is 1. The van der Waals surface area contributed by atoms with E-state index in [0.717, 1.165) is 0 Å². The van der Waals surface area contributed by atoms with Crippen LogP contribution in [-0.4, -0.2) is 36.3 Å². The summed E-state index contributed by atoms with van der Waals surface area (Å²) >= 11 is 0. The van der Waals surface area contributed by atoms with Crippen LogP contribution < -0.4 is 10.9 Å². The number of aromatic nitrogens is 4. The molecule has 0 fully saturated rings. The topological polar surface area (TPSA) is 119 Å². The first-order valence-electron chi connectivity index (χ1n) is 7.61. The zero-order valence-electron chi connectivity index (χ0n) is 14.0. The van der Waals surface area contributed by atoms with Gasteiger partial charge < -0.3 is 10.4 Å². The average Bonchev–Trinajstić information content (AvgIpc) is 2.85.